The number of hydrogen-bond acceptors (Lipinski definition) is 3. The van der Waals surface area contributed by atoms with E-state index >= 15 is 0 Å². The highest BCUT2D eigenvalue weighted by atomic mass is 16.3. The van der Waals surface area contributed by atoms with Gasteiger partial charge in [-0.3, -0.25) is 9.69 Å². The van der Waals surface area contributed by atoms with E-state index in [9.17, 15) is 9.90 Å². The molecule has 2 aliphatic rings. The van der Waals surface area contributed by atoms with E-state index in [1.165, 1.54) is 5.57 Å². The number of hydrogen-bond donors (Lipinski definition) is 1. The minimum Gasteiger partial charge on any atom is -0.392 e. The predicted octanol–water partition coefficient (Wildman–Crippen LogP) is 1.75. The van der Waals surface area contributed by atoms with Gasteiger partial charge in [-0.25, -0.2) is 0 Å². The van der Waals surface area contributed by atoms with Crippen molar-refractivity contribution in [2.75, 3.05) is 32.7 Å². The molecule has 21 heavy (non-hydrogen) atoms. The Morgan fingerprint density at radius 2 is 1.86 bits per heavy atom. The topological polar surface area (TPSA) is 43.8 Å². The highest BCUT2D eigenvalue weighted by Crippen LogP contribution is 2.60. The Labute approximate surface area is 128 Å². The fourth-order valence-corrected chi connectivity index (χ4v) is 3.54. The van der Waals surface area contributed by atoms with Crippen LogP contribution >= 0.6 is 0 Å². The van der Waals surface area contributed by atoms with Crippen molar-refractivity contribution in [2.45, 2.75) is 40.7 Å². The summed E-state index contributed by atoms with van der Waals surface area (Å²) >= 11 is 0. The molecule has 0 spiro atoms. The Balaban J connectivity index is 1.90. The molecule has 1 heterocycles. The zero-order valence-electron chi connectivity index (χ0n) is 14.1. The lowest BCUT2D eigenvalue weighted by Gasteiger charge is -2.35. The first kappa shape index (κ1) is 16.5. The number of nitrogens with zero attached hydrogens (tertiary/aromatic N) is 2. The Kier molecular flexibility index (Phi) is 4.79. The average Bonchev–Trinajstić information content (AvgIpc) is 2.89. The van der Waals surface area contributed by atoms with Crippen LogP contribution in [0.4, 0.5) is 0 Å². The highest BCUT2D eigenvalue weighted by molar-refractivity contribution is 5.84. The zero-order valence-corrected chi connectivity index (χ0v) is 14.1. The first-order chi connectivity index (χ1) is 9.73. The molecule has 3 atom stereocenters. The smallest absolute Gasteiger partial charge is 0.226 e. The van der Waals surface area contributed by atoms with Gasteiger partial charge < -0.3 is 10.0 Å². The van der Waals surface area contributed by atoms with Crippen LogP contribution in [0.2, 0.25) is 0 Å². The van der Waals surface area contributed by atoms with Crippen LogP contribution < -0.4 is 0 Å². The van der Waals surface area contributed by atoms with Gasteiger partial charge >= 0.3 is 0 Å². The van der Waals surface area contributed by atoms with Gasteiger partial charge in [0, 0.05) is 32.7 Å². The van der Waals surface area contributed by atoms with Crippen molar-refractivity contribution in [3.63, 3.8) is 0 Å². The average molecular weight is 294 g/mol. The third-order valence-corrected chi connectivity index (χ3v) is 4.90. The van der Waals surface area contributed by atoms with Crippen LogP contribution in [0.3, 0.4) is 0 Å². The zero-order chi connectivity index (χ0) is 15.8. The summed E-state index contributed by atoms with van der Waals surface area (Å²) in [6.45, 7) is 14.4. The first-order valence-corrected chi connectivity index (χ1v) is 8.07. The molecule has 0 aromatic rings. The molecule has 1 N–H and O–H groups in total. The number of allylic oxidation sites excluding steroid dienone is 2. The molecule has 4 heteroatoms. The molecule has 2 fully saturated rings. The monoisotopic (exact) mass is 294 g/mol. The second kappa shape index (κ2) is 6.09. The van der Waals surface area contributed by atoms with E-state index in [4.69, 9.17) is 0 Å². The van der Waals surface area contributed by atoms with E-state index in [0.29, 0.717) is 18.4 Å². The molecule has 1 aliphatic carbocycles. The summed E-state index contributed by atoms with van der Waals surface area (Å²) in [7, 11) is 0. The van der Waals surface area contributed by atoms with Gasteiger partial charge in [0.25, 0.3) is 0 Å². The molecule has 1 amide bonds. The van der Waals surface area contributed by atoms with Crippen LogP contribution in [0.1, 0.15) is 34.6 Å². The lowest BCUT2D eigenvalue weighted by atomic mass is 10.1. The van der Waals surface area contributed by atoms with Gasteiger partial charge in [0.05, 0.1) is 12.0 Å². The van der Waals surface area contributed by atoms with E-state index in [2.05, 4.69) is 38.7 Å². The third-order valence-electron chi connectivity index (χ3n) is 4.90. The van der Waals surface area contributed by atoms with Crippen molar-refractivity contribution in [1.29, 1.82) is 0 Å². The largest absolute Gasteiger partial charge is 0.392 e. The van der Waals surface area contributed by atoms with E-state index in [-0.39, 0.29) is 17.4 Å². The van der Waals surface area contributed by atoms with E-state index < -0.39 is 0 Å². The molecule has 1 saturated heterocycles. The van der Waals surface area contributed by atoms with Crippen LogP contribution in [0.5, 0.6) is 0 Å². The van der Waals surface area contributed by atoms with Gasteiger partial charge in [-0.1, -0.05) is 25.5 Å². The van der Waals surface area contributed by atoms with Gasteiger partial charge in [-0.05, 0) is 32.1 Å². The molecule has 1 saturated carbocycles. The molecule has 120 valence electrons. The molecule has 0 bridgehead atoms. The van der Waals surface area contributed by atoms with Crippen molar-refractivity contribution in [3.05, 3.63) is 11.6 Å². The van der Waals surface area contributed by atoms with Gasteiger partial charge in [-0.15, -0.1) is 0 Å². The summed E-state index contributed by atoms with van der Waals surface area (Å²) < 4.78 is 0. The van der Waals surface area contributed by atoms with E-state index in [1.54, 1.807) is 0 Å². The summed E-state index contributed by atoms with van der Waals surface area (Å²) in [6.07, 6.45) is 1.96. The summed E-state index contributed by atoms with van der Waals surface area (Å²) in [5.74, 6) is 0.861. The minimum absolute atomic E-state index is 0.102. The molecule has 0 aromatic carbocycles. The molecule has 0 unspecified atom stereocenters. The number of piperazine rings is 1. The summed E-state index contributed by atoms with van der Waals surface area (Å²) in [4.78, 5) is 17.0. The number of aliphatic hydroxyl groups excluding tert-OH is 1. The van der Waals surface area contributed by atoms with Gasteiger partial charge in [0.2, 0.25) is 5.91 Å². The van der Waals surface area contributed by atoms with Crippen LogP contribution in [0.25, 0.3) is 0 Å². The number of β-amino-alcohol motifs (C(OH)–C–C–N with tert-alkyl or cyclic N) is 1. The molecular weight excluding hydrogens is 264 g/mol. The van der Waals surface area contributed by atoms with Crippen molar-refractivity contribution in [2.24, 2.45) is 17.3 Å². The van der Waals surface area contributed by atoms with Crippen molar-refractivity contribution in [1.82, 2.24) is 9.80 Å². The van der Waals surface area contributed by atoms with Gasteiger partial charge in [-0.2, -0.15) is 0 Å². The summed E-state index contributed by atoms with van der Waals surface area (Å²) in [5, 5.41) is 9.44. The van der Waals surface area contributed by atoms with Crippen molar-refractivity contribution < 1.29 is 9.90 Å². The van der Waals surface area contributed by atoms with Gasteiger partial charge in [0.1, 0.15) is 0 Å². The molecule has 2 rings (SSSR count). The summed E-state index contributed by atoms with van der Waals surface area (Å²) in [6, 6.07) is 0. The number of rotatable bonds is 4. The molecular formula is C17H30N2O2. The highest BCUT2D eigenvalue weighted by Gasteiger charge is 2.61. The Morgan fingerprint density at radius 3 is 2.33 bits per heavy atom. The second-order valence-electron chi connectivity index (χ2n) is 7.54. The first-order valence-electron chi connectivity index (χ1n) is 8.07. The van der Waals surface area contributed by atoms with Crippen LogP contribution in [-0.4, -0.2) is 59.6 Å². The van der Waals surface area contributed by atoms with Gasteiger partial charge in [0.15, 0.2) is 0 Å². The maximum absolute atomic E-state index is 12.7. The fourth-order valence-electron chi connectivity index (χ4n) is 3.54. The van der Waals surface area contributed by atoms with Crippen molar-refractivity contribution >= 4 is 5.91 Å². The maximum Gasteiger partial charge on any atom is 0.226 e. The molecule has 0 radical (unpaired) electrons. The Hall–Kier alpha value is -0.870. The third kappa shape index (κ3) is 3.67. The predicted molar refractivity (Wildman–Crippen MR) is 84.9 cm³/mol. The Bertz CT molecular complexity index is 417. The fraction of sp³-hybridized carbons (Fsp3) is 0.824. The lowest BCUT2D eigenvalue weighted by molar-refractivity contribution is -0.135. The number of aliphatic hydroxyl groups is 1. The molecule has 0 aromatic heterocycles. The normalized spacial score (nSPS) is 29.9. The number of amides is 1. The van der Waals surface area contributed by atoms with E-state index in [1.807, 2.05) is 11.8 Å². The minimum atomic E-state index is -0.295. The van der Waals surface area contributed by atoms with E-state index in [0.717, 1.165) is 26.2 Å². The number of carbonyl (C=O) groups is 1. The molecule has 4 nitrogen and oxygen atoms in total. The van der Waals surface area contributed by atoms with Crippen molar-refractivity contribution in [3.8, 4) is 0 Å². The lowest BCUT2D eigenvalue weighted by Crippen LogP contribution is -2.50. The second-order valence-corrected chi connectivity index (χ2v) is 7.54. The molecule has 1 aliphatic heterocycles. The van der Waals surface area contributed by atoms with Crippen LogP contribution in [0, 0.1) is 17.3 Å². The SMILES string of the molecule is CC(C)=C[C@@H]1[C@@H](C(=O)N2CCN(C[C@H](C)O)CC2)C1(C)C. The quantitative estimate of drug-likeness (QED) is 0.803. The van der Waals surface area contributed by atoms with Crippen LogP contribution in [0.15, 0.2) is 11.6 Å². The van der Waals surface area contributed by atoms with Crippen LogP contribution in [-0.2, 0) is 4.79 Å². The standard InChI is InChI=1S/C17H30N2O2/c1-12(2)10-14-15(17(14,4)5)16(21)19-8-6-18(7-9-19)11-13(3)20/h10,13-15,20H,6-9,11H2,1-5H3/t13-,14+,15-/m0/s1. The number of carbonyl (C=O) groups excluding carboxylic acids is 1. The maximum atomic E-state index is 12.7. The Morgan fingerprint density at radius 1 is 1.29 bits per heavy atom. The summed E-state index contributed by atoms with van der Waals surface area (Å²) in [5.41, 5.74) is 1.40.